The lowest BCUT2D eigenvalue weighted by Crippen LogP contribution is -2.39. The number of anilines is 2. The molecule has 0 aliphatic rings. The Morgan fingerprint density at radius 2 is 2.00 bits per heavy atom. The third-order valence-corrected chi connectivity index (χ3v) is 2.69. The Balaban J connectivity index is 2.91. The standard InChI is InChI=1S/C12H20N6O3/c1-6(2)5-14-11(19)8(4)15-10-9(18(20)21)7(3)16-12(13)17-10/h6,8H,5H2,1-4H3,(H,14,19)(H3,13,15,16,17). The van der Waals surface area contributed by atoms with E-state index < -0.39 is 11.0 Å². The minimum Gasteiger partial charge on any atom is -0.368 e. The Morgan fingerprint density at radius 1 is 1.38 bits per heavy atom. The Bertz CT molecular complexity index is 546. The van der Waals surface area contributed by atoms with Crippen molar-refractivity contribution in [2.45, 2.75) is 33.7 Å². The number of nitrogens with zero attached hydrogens (tertiary/aromatic N) is 3. The predicted molar refractivity (Wildman–Crippen MR) is 78.8 cm³/mol. The summed E-state index contributed by atoms with van der Waals surface area (Å²) in [6.07, 6.45) is 0. The van der Waals surface area contributed by atoms with E-state index >= 15 is 0 Å². The molecule has 0 spiro atoms. The molecule has 0 bridgehead atoms. The normalized spacial score (nSPS) is 12.0. The number of carbonyl (C=O) groups is 1. The molecule has 0 aliphatic heterocycles. The first-order valence-corrected chi connectivity index (χ1v) is 6.55. The maximum Gasteiger partial charge on any atom is 0.332 e. The van der Waals surface area contributed by atoms with Crippen LogP contribution in [0.25, 0.3) is 0 Å². The highest BCUT2D eigenvalue weighted by Gasteiger charge is 2.24. The molecule has 1 amide bonds. The van der Waals surface area contributed by atoms with Gasteiger partial charge in [0, 0.05) is 6.54 Å². The van der Waals surface area contributed by atoms with Gasteiger partial charge in [0.2, 0.25) is 17.7 Å². The second-order valence-electron chi connectivity index (χ2n) is 5.13. The number of carbonyl (C=O) groups excluding carboxylic acids is 1. The number of hydrogen-bond donors (Lipinski definition) is 3. The molecule has 1 aromatic heterocycles. The van der Waals surface area contributed by atoms with Gasteiger partial charge >= 0.3 is 5.69 Å². The number of amides is 1. The third-order valence-electron chi connectivity index (χ3n) is 2.69. The molecule has 0 radical (unpaired) electrons. The smallest absolute Gasteiger partial charge is 0.332 e. The Hall–Kier alpha value is -2.45. The molecule has 1 atom stereocenters. The minimum absolute atomic E-state index is 0.0582. The topological polar surface area (TPSA) is 136 Å². The van der Waals surface area contributed by atoms with Crippen molar-refractivity contribution in [3.05, 3.63) is 15.8 Å². The minimum atomic E-state index is -0.684. The maximum absolute atomic E-state index is 11.9. The van der Waals surface area contributed by atoms with Gasteiger partial charge in [-0.1, -0.05) is 13.8 Å². The third kappa shape index (κ3) is 4.55. The largest absolute Gasteiger partial charge is 0.368 e. The van der Waals surface area contributed by atoms with E-state index in [-0.39, 0.29) is 29.1 Å². The van der Waals surface area contributed by atoms with Crippen molar-refractivity contribution in [3.8, 4) is 0 Å². The second kappa shape index (κ2) is 6.82. The van der Waals surface area contributed by atoms with Gasteiger partial charge in [0.25, 0.3) is 0 Å². The van der Waals surface area contributed by atoms with Crippen molar-refractivity contribution in [3.63, 3.8) is 0 Å². The van der Waals surface area contributed by atoms with Crippen LogP contribution in [0, 0.1) is 23.0 Å². The fraction of sp³-hybridized carbons (Fsp3) is 0.583. The van der Waals surface area contributed by atoms with Gasteiger partial charge in [-0.2, -0.15) is 4.98 Å². The van der Waals surface area contributed by atoms with E-state index in [9.17, 15) is 14.9 Å². The van der Waals surface area contributed by atoms with Gasteiger partial charge < -0.3 is 16.4 Å². The molecule has 0 saturated heterocycles. The quantitative estimate of drug-likeness (QED) is 0.522. The molecule has 1 aromatic rings. The summed E-state index contributed by atoms with van der Waals surface area (Å²) in [6, 6.07) is -0.684. The van der Waals surface area contributed by atoms with Gasteiger partial charge in [0.05, 0.1) is 4.92 Å². The van der Waals surface area contributed by atoms with E-state index in [2.05, 4.69) is 20.6 Å². The number of nitrogens with two attached hydrogens (primary N) is 1. The molecule has 21 heavy (non-hydrogen) atoms. The van der Waals surface area contributed by atoms with Crippen LogP contribution < -0.4 is 16.4 Å². The molecule has 9 heteroatoms. The van der Waals surface area contributed by atoms with Gasteiger partial charge in [-0.3, -0.25) is 14.9 Å². The molecule has 9 nitrogen and oxygen atoms in total. The molecule has 0 fully saturated rings. The SMILES string of the molecule is Cc1nc(N)nc(NC(C)C(=O)NCC(C)C)c1[N+](=O)[O-]. The van der Waals surface area contributed by atoms with Crippen LogP contribution in [-0.4, -0.2) is 33.4 Å². The number of nitro groups is 1. The molecule has 1 heterocycles. The predicted octanol–water partition coefficient (Wildman–Crippen LogP) is 0.848. The van der Waals surface area contributed by atoms with E-state index in [1.807, 2.05) is 13.8 Å². The van der Waals surface area contributed by atoms with Gasteiger partial charge in [0.15, 0.2) is 0 Å². The zero-order valence-corrected chi connectivity index (χ0v) is 12.5. The summed E-state index contributed by atoms with van der Waals surface area (Å²) >= 11 is 0. The van der Waals surface area contributed by atoms with Crippen LogP contribution in [0.2, 0.25) is 0 Å². The van der Waals surface area contributed by atoms with E-state index in [0.29, 0.717) is 12.5 Å². The van der Waals surface area contributed by atoms with E-state index in [0.717, 1.165) is 0 Å². The number of aryl methyl sites for hydroxylation is 1. The molecule has 1 unspecified atom stereocenters. The van der Waals surface area contributed by atoms with Crippen molar-refractivity contribution in [2.75, 3.05) is 17.6 Å². The number of nitrogens with one attached hydrogen (secondary N) is 2. The Kier molecular flexibility index (Phi) is 5.39. The lowest BCUT2D eigenvalue weighted by Gasteiger charge is -2.16. The molecule has 1 rings (SSSR count). The molecule has 0 saturated carbocycles. The molecule has 0 aromatic carbocycles. The van der Waals surface area contributed by atoms with Crippen LogP contribution in [0.3, 0.4) is 0 Å². The maximum atomic E-state index is 11.9. The summed E-state index contributed by atoms with van der Waals surface area (Å²) in [5, 5.41) is 16.5. The fourth-order valence-corrected chi connectivity index (χ4v) is 1.64. The highest BCUT2D eigenvalue weighted by atomic mass is 16.6. The summed E-state index contributed by atoms with van der Waals surface area (Å²) in [6.45, 7) is 7.52. The number of hydrogen-bond acceptors (Lipinski definition) is 7. The highest BCUT2D eigenvalue weighted by molar-refractivity contribution is 5.84. The van der Waals surface area contributed by atoms with Gasteiger partial charge in [-0.25, -0.2) is 4.98 Å². The molecular weight excluding hydrogens is 276 g/mol. The number of nitrogen functional groups attached to an aromatic ring is 1. The monoisotopic (exact) mass is 296 g/mol. The molecular formula is C12H20N6O3. The molecule has 4 N–H and O–H groups in total. The lowest BCUT2D eigenvalue weighted by molar-refractivity contribution is -0.385. The summed E-state index contributed by atoms with van der Waals surface area (Å²) < 4.78 is 0. The van der Waals surface area contributed by atoms with E-state index in [1.165, 1.54) is 6.92 Å². The number of aromatic nitrogens is 2. The first-order valence-electron chi connectivity index (χ1n) is 6.55. The van der Waals surface area contributed by atoms with Crippen LogP contribution in [-0.2, 0) is 4.79 Å². The molecule has 116 valence electrons. The van der Waals surface area contributed by atoms with Crippen LogP contribution in [0.5, 0.6) is 0 Å². The summed E-state index contributed by atoms with van der Waals surface area (Å²) in [7, 11) is 0. The summed E-state index contributed by atoms with van der Waals surface area (Å²) in [5.74, 6) is -0.104. The van der Waals surface area contributed by atoms with Crippen molar-refractivity contribution in [1.29, 1.82) is 0 Å². The highest BCUT2D eigenvalue weighted by Crippen LogP contribution is 2.26. The van der Waals surface area contributed by atoms with E-state index in [4.69, 9.17) is 5.73 Å². The zero-order chi connectivity index (χ0) is 16.2. The average Bonchev–Trinajstić information content (AvgIpc) is 2.34. The van der Waals surface area contributed by atoms with Gasteiger partial charge in [-0.05, 0) is 19.8 Å². The van der Waals surface area contributed by atoms with Crippen molar-refractivity contribution < 1.29 is 9.72 Å². The Labute approximate surface area is 122 Å². The first kappa shape index (κ1) is 16.6. The van der Waals surface area contributed by atoms with E-state index in [1.54, 1.807) is 6.92 Å². The van der Waals surface area contributed by atoms with Gasteiger partial charge in [0.1, 0.15) is 11.7 Å². The van der Waals surface area contributed by atoms with Crippen molar-refractivity contribution >= 4 is 23.4 Å². The zero-order valence-electron chi connectivity index (χ0n) is 12.5. The first-order chi connectivity index (χ1) is 9.72. The average molecular weight is 296 g/mol. The summed E-state index contributed by atoms with van der Waals surface area (Å²) in [4.78, 5) is 29.9. The number of rotatable bonds is 6. The molecule has 0 aliphatic carbocycles. The lowest BCUT2D eigenvalue weighted by atomic mass is 10.2. The van der Waals surface area contributed by atoms with Crippen LogP contribution in [0.1, 0.15) is 26.5 Å². The van der Waals surface area contributed by atoms with Gasteiger partial charge in [-0.15, -0.1) is 0 Å². The fourth-order valence-electron chi connectivity index (χ4n) is 1.64. The van der Waals surface area contributed by atoms with Crippen LogP contribution in [0.4, 0.5) is 17.5 Å². The van der Waals surface area contributed by atoms with Crippen molar-refractivity contribution in [1.82, 2.24) is 15.3 Å². The Morgan fingerprint density at radius 3 is 2.52 bits per heavy atom. The van der Waals surface area contributed by atoms with Crippen molar-refractivity contribution in [2.24, 2.45) is 5.92 Å². The van der Waals surface area contributed by atoms with Crippen LogP contribution >= 0.6 is 0 Å². The summed E-state index contributed by atoms with van der Waals surface area (Å²) in [5.41, 5.74) is 5.35. The van der Waals surface area contributed by atoms with Crippen LogP contribution in [0.15, 0.2) is 0 Å². The second-order valence-corrected chi connectivity index (χ2v) is 5.13.